The number of fused-ring (bicyclic) bond motifs is 1. The number of aromatic nitrogens is 3. The van der Waals surface area contributed by atoms with Crippen LogP contribution in [-0.4, -0.2) is 44.1 Å². The SMILES string of the molecule is CN(c1ccccn1)S(=O)(=O)c1nc2ccccc2n1S(C)(=O)=O. The van der Waals surface area contributed by atoms with Gasteiger partial charge < -0.3 is 0 Å². The second-order valence-corrected chi connectivity index (χ2v) is 8.77. The first-order chi connectivity index (χ1) is 11.2. The highest BCUT2D eigenvalue weighted by molar-refractivity contribution is 7.94. The van der Waals surface area contributed by atoms with Gasteiger partial charge in [-0.05, 0) is 24.3 Å². The molecule has 2 heterocycles. The minimum absolute atomic E-state index is 0.157. The third-order valence-corrected chi connectivity index (χ3v) is 6.18. The normalized spacial score (nSPS) is 12.4. The molecule has 0 bridgehead atoms. The third kappa shape index (κ3) is 2.63. The van der Waals surface area contributed by atoms with Gasteiger partial charge in [-0.1, -0.05) is 18.2 Å². The van der Waals surface area contributed by atoms with E-state index in [1.54, 1.807) is 30.3 Å². The van der Waals surface area contributed by atoms with Crippen molar-refractivity contribution in [3.63, 3.8) is 0 Å². The molecule has 2 aromatic heterocycles. The lowest BCUT2D eigenvalue weighted by molar-refractivity contribution is 0.571. The summed E-state index contributed by atoms with van der Waals surface area (Å²) in [6.07, 6.45) is 2.38. The quantitative estimate of drug-likeness (QED) is 0.684. The Balaban J connectivity index is 2.29. The standard InChI is InChI=1S/C14H14N4O4S2/c1-17(13-9-5-6-10-15-13)24(21,22)14-16-11-7-3-4-8-12(11)18(14)23(2,19)20/h3-10H,1-2H3. The molecule has 24 heavy (non-hydrogen) atoms. The zero-order valence-electron chi connectivity index (χ0n) is 12.9. The molecule has 0 radical (unpaired) electrons. The molecule has 0 fully saturated rings. The zero-order valence-corrected chi connectivity index (χ0v) is 14.5. The molecule has 8 nitrogen and oxygen atoms in total. The van der Waals surface area contributed by atoms with E-state index in [2.05, 4.69) is 9.97 Å². The van der Waals surface area contributed by atoms with Crippen molar-refractivity contribution in [2.24, 2.45) is 0 Å². The second-order valence-electron chi connectivity index (χ2n) is 5.07. The molecular weight excluding hydrogens is 352 g/mol. The number of imidazole rings is 1. The fourth-order valence-electron chi connectivity index (χ4n) is 2.25. The Bertz CT molecular complexity index is 1110. The second kappa shape index (κ2) is 5.56. The Labute approximate surface area is 139 Å². The predicted octanol–water partition coefficient (Wildman–Crippen LogP) is 1.06. The number of anilines is 1. The lowest BCUT2D eigenvalue weighted by atomic mass is 10.3. The molecule has 1 aromatic carbocycles. The highest BCUT2D eigenvalue weighted by Gasteiger charge is 2.32. The van der Waals surface area contributed by atoms with Gasteiger partial charge in [0.25, 0.3) is 15.2 Å². The summed E-state index contributed by atoms with van der Waals surface area (Å²) in [7, 11) is -6.82. The van der Waals surface area contributed by atoms with E-state index in [9.17, 15) is 16.8 Å². The first kappa shape index (κ1) is 16.4. The lowest BCUT2D eigenvalue weighted by Gasteiger charge is -2.18. The van der Waals surface area contributed by atoms with Gasteiger partial charge in [0.2, 0.25) is 10.0 Å². The molecule has 0 aliphatic heterocycles. The molecular formula is C14H14N4O4S2. The van der Waals surface area contributed by atoms with Crippen LogP contribution in [0.5, 0.6) is 0 Å². The van der Waals surface area contributed by atoms with Gasteiger partial charge in [0.15, 0.2) is 0 Å². The van der Waals surface area contributed by atoms with Crippen molar-refractivity contribution in [1.82, 2.24) is 13.9 Å². The van der Waals surface area contributed by atoms with Gasteiger partial charge in [-0.25, -0.2) is 22.4 Å². The van der Waals surface area contributed by atoms with E-state index in [1.165, 1.54) is 25.4 Å². The predicted molar refractivity (Wildman–Crippen MR) is 89.8 cm³/mol. The smallest absolute Gasteiger partial charge is 0.250 e. The highest BCUT2D eigenvalue weighted by Crippen LogP contribution is 2.25. The van der Waals surface area contributed by atoms with Crippen molar-refractivity contribution in [3.05, 3.63) is 48.7 Å². The van der Waals surface area contributed by atoms with Crippen molar-refractivity contribution in [2.75, 3.05) is 17.6 Å². The van der Waals surface area contributed by atoms with Gasteiger partial charge >= 0.3 is 0 Å². The monoisotopic (exact) mass is 366 g/mol. The Morgan fingerprint density at radius 3 is 2.29 bits per heavy atom. The van der Waals surface area contributed by atoms with Crippen LogP contribution in [0.25, 0.3) is 11.0 Å². The number of sulfonamides is 1. The van der Waals surface area contributed by atoms with Crippen molar-refractivity contribution in [2.45, 2.75) is 5.16 Å². The number of benzene rings is 1. The van der Waals surface area contributed by atoms with E-state index >= 15 is 0 Å². The molecule has 126 valence electrons. The Kier molecular flexibility index (Phi) is 3.80. The Hall–Kier alpha value is -2.46. The van der Waals surface area contributed by atoms with Crippen molar-refractivity contribution >= 4 is 36.9 Å². The van der Waals surface area contributed by atoms with Gasteiger partial charge in [0.1, 0.15) is 5.82 Å². The molecule has 0 spiro atoms. The van der Waals surface area contributed by atoms with Crippen LogP contribution >= 0.6 is 0 Å². The lowest BCUT2D eigenvalue weighted by Crippen LogP contribution is -2.31. The van der Waals surface area contributed by atoms with Gasteiger partial charge in [-0.15, -0.1) is 0 Å². The summed E-state index contributed by atoms with van der Waals surface area (Å²) in [5.41, 5.74) is 0.476. The van der Waals surface area contributed by atoms with E-state index in [0.717, 1.165) is 14.5 Å². The maximum Gasteiger partial charge on any atom is 0.300 e. The summed E-state index contributed by atoms with van der Waals surface area (Å²) in [6.45, 7) is 0. The van der Waals surface area contributed by atoms with E-state index < -0.39 is 25.2 Å². The Morgan fingerprint density at radius 1 is 1.00 bits per heavy atom. The minimum Gasteiger partial charge on any atom is -0.250 e. The van der Waals surface area contributed by atoms with E-state index in [0.29, 0.717) is 0 Å². The molecule has 0 N–H and O–H groups in total. The van der Waals surface area contributed by atoms with Gasteiger partial charge in [-0.2, -0.15) is 8.42 Å². The topological polar surface area (TPSA) is 102 Å². The van der Waals surface area contributed by atoms with Crippen LogP contribution in [0.1, 0.15) is 0 Å². The average Bonchev–Trinajstić information content (AvgIpc) is 2.95. The van der Waals surface area contributed by atoms with E-state index in [1.807, 2.05) is 0 Å². The van der Waals surface area contributed by atoms with Crippen molar-refractivity contribution < 1.29 is 16.8 Å². The van der Waals surface area contributed by atoms with Crippen molar-refractivity contribution in [3.8, 4) is 0 Å². The molecule has 3 aromatic rings. The van der Waals surface area contributed by atoms with Crippen LogP contribution in [0.4, 0.5) is 5.82 Å². The summed E-state index contributed by atoms with van der Waals surface area (Å²) in [6, 6.07) is 11.1. The fraction of sp³-hybridized carbons (Fsp3) is 0.143. The van der Waals surface area contributed by atoms with Crippen LogP contribution in [0.2, 0.25) is 0 Å². The van der Waals surface area contributed by atoms with Gasteiger partial charge in [-0.3, -0.25) is 4.31 Å². The number of pyridine rings is 1. The summed E-state index contributed by atoms with van der Waals surface area (Å²) < 4.78 is 51.8. The molecule has 0 atom stereocenters. The summed E-state index contributed by atoms with van der Waals surface area (Å²) in [5, 5.41) is -0.570. The maximum atomic E-state index is 12.9. The number of hydrogen-bond acceptors (Lipinski definition) is 6. The van der Waals surface area contributed by atoms with E-state index in [4.69, 9.17) is 0 Å². The minimum atomic E-state index is -4.22. The van der Waals surface area contributed by atoms with Crippen molar-refractivity contribution in [1.29, 1.82) is 0 Å². The molecule has 0 amide bonds. The molecule has 0 saturated carbocycles. The Morgan fingerprint density at radius 2 is 1.67 bits per heavy atom. The number of nitrogens with zero attached hydrogens (tertiary/aromatic N) is 4. The fourth-order valence-corrected chi connectivity index (χ4v) is 4.90. The van der Waals surface area contributed by atoms with Crippen LogP contribution in [0, 0.1) is 0 Å². The van der Waals surface area contributed by atoms with Crippen LogP contribution in [0.3, 0.4) is 0 Å². The third-order valence-electron chi connectivity index (χ3n) is 3.39. The highest BCUT2D eigenvalue weighted by atomic mass is 32.2. The molecule has 0 aliphatic carbocycles. The number of para-hydroxylation sites is 2. The zero-order chi connectivity index (χ0) is 17.5. The molecule has 10 heteroatoms. The largest absolute Gasteiger partial charge is 0.300 e. The average molecular weight is 366 g/mol. The van der Waals surface area contributed by atoms with Gasteiger partial charge in [0, 0.05) is 13.2 Å². The van der Waals surface area contributed by atoms with Gasteiger partial charge in [0.05, 0.1) is 17.3 Å². The molecule has 0 aliphatic rings. The number of rotatable bonds is 4. The van der Waals surface area contributed by atoms with Crippen LogP contribution in [0.15, 0.2) is 53.8 Å². The summed E-state index contributed by atoms with van der Waals surface area (Å²) >= 11 is 0. The first-order valence-corrected chi connectivity index (χ1v) is 10.1. The van der Waals surface area contributed by atoms with Crippen LogP contribution in [-0.2, 0) is 20.0 Å². The molecule has 0 saturated heterocycles. The van der Waals surface area contributed by atoms with E-state index in [-0.39, 0.29) is 16.9 Å². The number of hydrogen-bond donors (Lipinski definition) is 0. The summed E-state index contributed by atoms with van der Waals surface area (Å²) in [5.74, 6) is 0.157. The molecule has 0 unspecified atom stereocenters. The molecule has 3 rings (SSSR count). The van der Waals surface area contributed by atoms with Crippen LogP contribution < -0.4 is 4.31 Å². The maximum absolute atomic E-state index is 12.9. The first-order valence-electron chi connectivity index (χ1n) is 6.81. The summed E-state index contributed by atoms with van der Waals surface area (Å²) in [4.78, 5) is 8.00.